The average molecular weight is 203 g/mol. The standard InChI is InChI=1S/C10H21NO3/c1-7(2)4-10(6-11,9(13)14)5-8(3)12/h7-8,12H,4-6,11H2,1-3H3,(H,13,14). The summed E-state index contributed by atoms with van der Waals surface area (Å²) in [4.78, 5) is 11.1. The lowest BCUT2D eigenvalue weighted by atomic mass is 9.76. The summed E-state index contributed by atoms with van der Waals surface area (Å²) >= 11 is 0. The summed E-state index contributed by atoms with van der Waals surface area (Å²) in [6, 6.07) is 0. The first kappa shape index (κ1) is 13.4. The van der Waals surface area contributed by atoms with Gasteiger partial charge in [0.1, 0.15) is 0 Å². The molecule has 0 aliphatic rings. The van der Waals surface area contributed by atoms with Crippen LogP contribution in [0.25, 0.3) is 0 Å². The first-order chi connectivity index (χ1) is 6.34. The second-order valence-corrected chi connectivity index (χ2v) is 4.44. The molecular formula is C10H21NO3. The highest BCUT2D eigenvalue weighted by Gasteiger charge is 2.38. The van der Waals surface area contributed by atoms with Crippen LogP contribution in [0.4, 0.5) is 0 Å². The van der Waals surface area contributed by atoms with E-state index >= 15 is 0 Å². The van der Waals surface area contributed by atoms with E-state index in [4.69, 9.17) is 10.8 Å². The van der Waals surface area contributed by atoms with Gasteiger partial charge in [-0.2, -0.15) is 0 Å². The van der Waals surface area contributed by atoms with E-state index in [9.17, 15) is 9.90 Å². The number of nitrogens with two attached hydrogens (primary N) is 1. The average Bonchev–Trinajstić information content (AvgIpc) is 2.00. The van der Waals surface area contributed by atoms with Crippen molar-refractivity contribution in [3.8, 4) is 0 Å². The predicted octanol–water partition coefficient (Wildman–Crippen LogP) is 0.833. The zero-order valence-corrected chi connectivity index (χ0v) is 9.16. The molecule has 2 unspecified atom stereocenters. The molecule has 0 aromatic carbocycles. The third kappa shape index (κ3) is 3.64. The van der Waals surface area contributed by atoms with E-state index in [1.54, 1.807) is 6.92 Å². The number of carboxylic acid groups (broad SMARTS) is 1. The molecule has 0 aliphatic heterocycles. The SMILES string of the molecule is CC(C)CC(CN)(CC(C)O)C(=O)O. The largest absolute Gasteiger partial charge is 0.481 e. The summed E-state index contributed by atoms with van der Waals surface area (Å²) in [5.41, 5.74) is 4.54. The minimum absolute atomic E-state index is 0.0748. The minimum Gasteiger partial charge on any atom is -0.481 e. The highest BCUT2D eigenvalue weighted by atomic mass is 16.4. The summed E-state index contributed by atoms with van der Waals surface area (Å²) in [5, 5.41) is 18.4. The molecule has 4 nitrogen and oxygen atoms in total. The fourth-order valence-electron chi connectivity index (χ4n) is 1.86. The number of aliphatic hydroxyl groups excluding tert-OH is 1. The second kappa shape index (κ2) is 5.32. The highest BCUT2D eigenvalue weighted by molar-refractivity contribution is 5.75. The van der Waals surface area contributed by atoms with Crippen molar-refractivity contribution >= 4 is 5.97 Å². The molecule has 0 saturated carbocycles. The minimum atomic E-state index is -0.970. The molecule has 0 rings (SSSR count). The van der Waals surface area contributed by atoms with Crippen molar-refractivity contribution in [2.24, 2.45) is 17.1 Å². The Labute approximate surface area is 85.1 Å². The molecule has 4 N–H and O–H groups in total. The molecule has 14 heavy (non-hydrogen) atoms. The van der Waals surface area contributed by atoms with Crippen LogP contribution in [0.2, 0.25) is 0 Å². The summed E-state index contributed by atoms with van der Waals surface area (Å²) < 4.78 is 0. The molecule has 0 saturated heterocycles. The van der Waals surface area contributed by atoms with Crippen molar-refractivity contribution in [2.45, 2.75) is 39.7 Å². The Morgan fingerprint density at radius 1 is 1.36 bits per heavy atom. The van der Waals surface area contributed by atoms with Gasteiger partial charge >= 0.3 is 5.97 Å². The van der Waals surface area contributed by atoms with Gasteiger partial charge in [-0.05, 0) is 25.7 Å². The van der Waals surface area contributed by atoms with Crippen LogP contribution in [0.3, 0.4) is 0 Å². The monoisotopic (exact) mass is 203 g/mol. The maximum Gasteiger partial charge on any atom is 0.311 e. The third-order valence-electron chi connectivity index (χ3n) is 2.33. The highest BCUT2D eigenvalue weighted by Crippen LogP contribution is 2.31. The molecule has 0 bridgehead atoms. The maximum atomic E-state index is 11.1. The number of aliphatic carboxylic acids is 1. The Bertz CT molecular complexity index is 180. The van der Waals surface area contributed by atoms with Crippen molar-refractivity contribution < 1.29 is 15.0 Å². The fraction of sp³-hybridized carbons (Fsp3) is 0.900. The lowest BCUT2D eigenvalue weighted by molar-refractivity contribution is -0.151. The van der Waals surface area contributed by atoms with Crippen molar-refractivity contribution in [1.82, 2.24) is 0 Å². The van der Waals surface area contributed by atoms with Crippen LogP contribution in [-0.2, 0) is 4.79 Å². The van der Waals surface area contributed by atoms with Gasteiger partial charge in [0.05, 0.1) is 11.5 Å². The van der Waals surface area contributed by atoms with Crippen LogP contribution in [0.15, 0.2) is 0 Å². The first-order valence-corrected chi connectivity index (χ1v) is 4.95. The second-order valence-electron chi connectivity index (χ2n) is 4.44. The van der Waals surface area contributed by atoms with E-state index in [2.05, 4.69) is 0 Å². The smallest absolute Gasteiger partial charge is 0.311 e. The van der Waals surface area contributed by atoms with Crippen molar-refractivity contribution in [3.63, 3.8) is 0 Å². The zero-order valence-electron chi connectivity index (χ0n) is 9.16. The van der Waals surface area contributed by atoms with E-state index in [-0.39, 0.29) is 18.9 Å². The molecule has 0 fully saturated rings. The van der Waals surface area contributed by atoms with Crippen LogP contribution >= 0.6 is 0 Å². The molecule has 0 spiro atoms. The van der Waals surface area contributed by atoms with E-state index in [0.717, 1.165) is 0 Å². The fourth-order valence-corrected chi connectivity index (χ4v) is 1.86. The van der Waals surface area contributed by atoms with Crippen LogP contribution in [-0.4, -0.2) is 28.8 Å². The summed E-state index contributed by atoms with van der Waals surface area (Å²) in [5.74, 6) is -0.650. The molecular weight excluding hydrogens is 182 g/mol. The van der Waals surface area contributed by atoms with Crippen molar-refractivity contribution in [1.29, 1.82) is 0 Å². The maximum absolute atomic E-state index is 11.1. The van der Waals surface area contributed by atoms with Gasteiger partial charge in [0.2, 0.25) is 0 Å². The van der Waals surface area contributed by atoms with Crippen LogP contribution < -0.4 is 5.73 Å². The molecule has 0 radical (unpaired) electrons. The summed E-state index contributed by atoms with van der Waals surface area (Å²) in [6.07, 6.45) is 0.0919. The quantitative estimate of drug-likeness (QED) is 0.597. The van der Waals surface area contributed by atoms with Crippen LogP contribution in [0.1, 0.15) is 33.6 Å². The lowest BCUT2D eigenvalue weighted by Crippen LogP contribution is -2.42. The normalized spacial score (nSPS) is 17.9. The Morgan fingerprint density at radius 2 is 1.86 bits per heavy atom. The van der Waals surface area contributed by atoms with Gasteiger partial charge in [-0.3, -0.25) is 4.79 Å². The van der Waals surface area contributed by atoms with Gasteiger partial charge in [-0.15, -0.1) is 0 Å². The predicted molar refractivity (Wildman–Crippen MR) is 54.9 cm³/mol. The summed E-state index contributed by atoms with van der Waals surface area (Å²) in [7, 11) is 0. The number of carbonyl (C=O) groups is 1. The third-order valence-corrected chi connectivity index (χ3v) is 2.33. The zero-order chi connectivity index (χ0) is 11.4. The number of hydrogen-bond donors (Lipinski definition) is 3. The van der Waals surface area contributed by atoms with Gasteiger partial charge in [-0.25, -0.2) is 0 Å². The number of hydrogen-bond acceptors (Lipinski definition) is 3. The van der Waals surface area contributed by atoms with Gasteiger partial charge in [0, 0.05) is 6.54 Å². The lowest BCUT2D eigenvalue weighted by Gasteiger charge is -2.30. The Morgan fingerprint density at radius 3 is 2.07 bits per heavy atom. The van der Waals surface area contributed by atoms with E-state index in [1.165, 1.54) is 0 Å². The van der Waals surface area contributed by atoms with Crippen molar-refractivity contribution in [3.05, 3.63) is 0 Å². The number of carboxylic acids is 1. The van der Waals surface area contributed by atoms with Crippen LogP contribution in [0, 0.1) is 11.3 Å². The van der Waals surface area contributed by atoms with Gasteiger partial charge in [0.25, 0.3) is 0 Å². The summed E-state index contributed by atoms with van der Waals surface area (Å²) in [6.45, 7) is 5.57. The van der Waals surface area contributed by atoms with Gasteiger partial charge in [-0.1, -0.05) is 13.8 Å². The van der Waals surface area contributed by atoms with Gasteiger partial charge in [0.15, 0.2) is 0 Å². The Balaban J connectivity index is 4.69. The van der Waals surface area contributed by atoms with Crippen LogP contribution in [0.5, 0.6) is 0 Å². The number of aliphatic hydroxyl groups is 1. The van der Waals surface area contributed by atoms with E-state index in [0.29, 0.717) is 6.42 Å². The molecule has 4 heteroatoms. The number of rotatable bonds is 6. The molecule has 0 aromatic rings. The Hall–Kier alpha value is -0.610. The molecule has 0 amide bonds. The van der Waals surface area contributed by atoms with E-state index in [1.807, 2.05) is 13.8 Å². The Kier molecular flexibility index (Phi) is 5.08. The van der Waals surface area contributed by atoms with E-state index < -0.39 is 17.5 Å². The molecule has 2 atom stereocenters. The topological polar surface area (TPSA) is 83.5 Å². The first-order valence-electron chi connectivity index (χ1n) is 4.95. The molecule has 84 valence electrons. The molecule has 0 aliphatic carbocycles. The van der Waals surface area contributed by atoms with Crippen molar-refractivity contribution in [2.75, 3.05) is 6.54 Å². The molecule has 0 heterocycles. The molecule has 0 aromatic heterocycles. The van der Waals surface area contributed by atoms with Gasteiger partial charge < -0.3 is 15.9 Å².